The van der Waals surface area contributed by atoms with E-state index in [1.807, 2.05) is 0 Å². The molecule has 3 rings (SSSR count). The van der Waals surface area contributed by atoms with Gasteiger partial charge in [-0.05, 0) is 48.2 Å². The monoisotopic (exact) mass is 345 g/mol. The third kappa shape index (κ3) is 2.56. The Hall–Kier alpha value is -2.09. The van der Waals surface area contributed by atoms with Crippen molar-refractivity contribution in [2.24, 2.45) is 0 Å². The van der Waals surface area contributed by atoms with E-state index in [-0.39, 0.29) is 28.2 Å². The molecule has 1 aliphatic heterocycles. The first-order valence-electron chi connectivity index (χ1n) is 6.64. The Kier molecular flexibility index (Phi) is 3.40. The molecule has 0 radical (unpaired) electrons. The van der Waals surface area contributed by atoms with E-state index >= 15 is 0 Å². The summed E-state index contributed by atoms with van der Waals surface area (Å²) in [5.41, 5.74) is 4.06. The molecule has 2 aromatic carbocycles. The Morgan fingerprint density at radius 2 is 1.57 bits per heavy atom. The summed E-state index contributed by atoms with van der Waals surface area (Å²) in [5.74, 6) is -0.726. The molecule has 0 saturated heterocycles. The lowest BCUT2D eigenvalue weighted by Crippen LogP contribution is -2.12. The molecule has 1 aliphatic rings. The zero-order valence-electron chi connectivity index (χ0n) is 11.6. The maximum Gasteiger partial charge on any atom is 0.418 e. The van der Waals surface area contributed by atoms with E-state index in [1.54, 1.807) is 0 Å². The number of rotatable bonds is 0. The van der Waals surface area contributed by atoms with Crippen molar-refractivity contribution in [3.63, 3.8) is 0 Å². The van der Waals surface area contributed by atoms with Crippen LogP contribution in [-0.4, -0.2) is 8.42 Å². The highest BCUT2D eigenvalue weighted by Gasteiger charge is 2.36. The lowest BCUT2D eigenvalue weighted by atomic mass is 10.0. The van der Waals surface area contributed by atoms with Crippen LogP contribution in [0.3, 0.4) is 0 Å². The minimum absolute atomic E-state index is 0.0307. The Morgan fingerprint density at radius 3 is 2.22 bits per heavy atom. The number of nitrogens with two attached hydrogens (primary N) is 1. The molecule has 0 fully saturated rings. The van der Waals surface area contributed by atoms with Crippen LogP contribution in [0.4, 0.5) is 23.2 Å². The number of benzene rings is 2. The first kappa shape index (κ1) is 15.8. The topological polar surface area (TPSA) is 60.2 Å². The van der Waals surface area contributed by atoms with Crippen molar-refractivity contribution in [1.29, 1.82) is 0 Å². The van der Waals surface area contributed by atoms with Crippen LogP contribution in [0.2, 0.25) is 0 Å². The van der Waals surface area contributed by atoms with Gasteiger partial charge in [-0.3, -0.25) is 0 Å². The number of hydrogen-bond acceptors (Lipinski definition) is 3. The molecule has 0 aliphatic carbocycles. The average Bonchev–Trinajstić information content (AvgIpc) is 2.54. The van der Waals surface area contributed by atoms with Crippen LogP contribution >= 0.6 is 0 Å². The molecule has 0 saturated carbocycles. The highest BCUT2D eigenvalue weighted by atomic mass is 32.2. The van der Waals surface area contributed by atoms with Crippen molar-refractivity contribution in [2.45, 2.75) is 28.8 Å². The second kappa shape index (κ2) is 4.95. The standard InChI is InChI=1S/C15H11F4NO2S/c16-10-4-3-8-1-2-9-5-11(15(17,18)19)12(20)7-14(9)23(21,22)13(8)6-10/h3-7H,1-2,20H2. The van der Waals surface area contributed by atoms with Crippen LogP contribution in [0, 0.1) is 5.82 Å². The summed E-state index contributed by atoms with van der Waals surface area (Å²) in [6, 6.07) is 4.92. The fourth-order valence-corrected chi connectivity index (χ4v) is 4.51. The van der Waals surface area contributed by atoms with Gasteiger partial charge in [-0.1, -0.05) is 6.07 Å². The van der Waals surface area contributed by atoms with E-state index < -0.39 is 33.1 Å². The Balaban J connectivity index is 2.29. The third-order valence-electron chi connectivity index (χ3n) is 3.81. The molecule has 0 unspecified atom stereocenters. The largest absolute Gasteiger partial charge is 0.418 e. The molecule has 2 N–H and O–H groups in total. The van der Waals surface area contributed by atoms with Crippen LogP contribution in [0.15, 0.2) is 40.1 Å². The SMILES string of the molecule is Nc1cc2c(cc1C(F)(F)F)CCc1ccc(F)cc1S2(=O)=O. The van der Waals surface area contributed by atoms with Crippen molar-refractivity contribution in [2.75, 3.05) is 5.73 Å². The fourth-order valence-electron chi connectivity index (χ4n) is 2.70. The zero-order chi connectivity index (χ0) is 17.0. The molecule has 0 atom stereocenters. The maximum absolute atomic E-state index is 13.4. The van der Waals surface area contributed by atoms with Gasteiger partial charge in [0.15, 0.2) is 0 Å². The smallest absolute Gasteiger partial charge is 0.398 e. The van der Waals surface area contributed by atoms with Crippen LogP contribution < -0.4 is 5.73 Å². The van der Waals surface area contributed by atoms with Crippen molar-refractivity contribution >= 4 is 15.5 Å². The van der Waals surface area contributed by atoms with Crippen LogP contribution in [0.1, 0.15) is 16.7 Å². The van der Waals surface area contributed by atoms with Crippen LogP contribution in [0.5, 0.6) is 0 Å². The number of anilines is 1. The number of hydrogen-bond donors (Lipinski definition) is 1. The summed E-state index contributed by atoms with van der Waals surface area (Å²) in [7, 11) is -4.13. The molecule has 2 aromatic rings. The maximum atomic E-state index is 13.4. The van der Waals surface area contributed by atoms with Gasteiger partial charge < -0.3 is 5.73 Å². The van der Waals surface area contributed by atoms with Gasteiger partial charge in [0.25, 0.3) is 0 Å². The third-order valence-corrected chi connectivity index (χ3v) is 5.73. The first-order valence-corrected chi connectivity index (χ1v) is 8.12. The number of alkyl halides is 3. The number of sulfone groups is 1. The highest BCUT2D eigenvalue weighted by Crippen LogP contribution is 2.39. The van der Waals surface area contributed by atoms with Gasteiger partial charge >= 0.3 is 6.18 Å². The summed E-state index contributed by atoms with van der Waals surface area (Å²) in [6.45, 7) is 0. The molecule has 1 heterocycles. The van der Waals surface area contributed by atoms with E-state index in [9.17, 15) is 26.0 Å². The van der Waals surface area contributed by atoms with Crippen molar-refractivity contribution in [1.82, 2.24) is 0 Å². The number of aryl methyl sites for hydroxylation is 2. The normalized spacial score (nSPS) is 16.3. The predicted molar refractivity (Wildman–Crippen MR) is 75.1 cm³/mol. The molecule has 0 spiro atoms. The number of halogens is 4. The second-order valence-corrected chi connectivity index (χ2v) is 7.19. The van der Waals surface area contributed by atoms with E-state index in [0.717, 1.165) is 24.3 Å². The summed E-state index contributed by atoms with van der Waals surface area (Å²) >= 11 is 0. The van der Waals surface area contributed by atoms with E-state index in [4.69, 9.17) is 5.73 Å². The summed E-state index contributed by atoms with van der Waals surface area (Å²) < 4.78 is 77.6. The molecule has 0 aromatic heterocycles. The fraction of sp³-hybridized carbons (Fsp3) is 0.200. The lowest BCUT2D eigenvalue weighted by molar-refractivity contribution is -0.137. The van der Waals surface area contributed by atoms with E-state index in [0.29, 0.717) is 5.56 Å². The van der Waals surface area contributed by atoms with Gasteiger partial charge in [0, 0.05) is 5.69 Å². The van der Waals surface area contributed by atoms with Gasteiger partial charge in [0.2, 0.25) is 9.84 Å². The van der Waals surface area contributed by atoms with Crippen molar-refractivity contribution in [3.05, 3.63) is 52.8 Å². The molecule has 0 amide bonds. The Labute approximate surface area is 129 Å². The molecule has 23 heavy (non-hydrogen) atoms. The average molecular weight is 345 g/mol. The van der Waals surface area contributed by atoms with Gasteiger partial charge in [-0.2, -0.15) is 13.2 Å². The molecular formula is C15H11F4NO2S. The van der Waals surface area contributed by atoms with Crippen LogP contribution in [-0.2, 0) is 28.9 Å². The lowest BCUT2D eigenvalue weighted by Gasteiger charge is -2.14. The molecule has 122 valence electrons. The molecular weight excluding hydrogens is 334 g/mol. The summed E-state index contributed by atoms with van der Waals surface area (Å²) in [4.78, 5) is -0.525. The quantitative estimate of drug-likeness (QED) is 0.588. The first-order chi connectivity index (χ1) is 10.6. The van der Waals surface area contributed by atoms with E-state index in [1.165, 1.54) is 6.07 Å². The predicted octanol–water partition coefficient (Wildman–Crippen LogP) is 3.36. The van der Waals surface area contributed by atoms with Gasteiger partial charge in [0.1, 0.15) is 5.82 Å². The summed E-state index contributed by atoms with van der Waals surface area (Å²) in [5, 5.41) is 0. The van der Waals surface area contributed by atoms with Gasteiger partial charge in [-0.15, -0.1) is 0 Å². The van der Waals surface area contributed by atoms with Gasteiger partial charge in [-0.25, -0.2) is 12.8 Å². The molecule has 8 heteroatoms. The number of nitrogen functional groups attached to an aromatic ring is 1. The second-order valence-electron chi connectivity index (χ2n) is 5.30. The van der Waals surface area contributed by atoms with Crippen LogP contribution in [0.25, 0.3) is 0 Å². The zero-order valence-corrected chi connectivity index (χ0v) is 12.4. The minimum atomic E-state index is -4.67. The van der Waals surface area contributed by atoms with E-state index in [2.05, 4.69) is 0 Å². The summed E-state index contributed by atoms with van der Waals surface area (Å²) in [6.07, 6.45) is -4.38. The molecule has 3 nitrogen and oxygen atoms in total. The highest BCUT2D eigenvalue weighted by molar-refractivity contribution is 7.91. The minimum Gasteiger partial charge on any atom is -0.398 e. The molecule has 0 bridgehead atoms. The van der Waals surface area contributed by atoms with Crippen molar-refractivity contribution in [3.8, 4) is 0 Å². The van der Waals surface area contributed by atoms with Gasteiger partial charge in [0.05, 0.1) is 15.4 Å². The number of fused-ring (bicyclic) bond motifs is 2. The Morgan fingerprint density at radius 1 is 0.957 bits per heavy atom. The Bertz CT molecular complexity index is 904. The van der Waals surface area contributed by atoms with Crippen molar-refractivity contribution < 1.29 is 26.0 Å².